The first-order chi connectivity index (χ1) is 8.52. The fraction of sp³-hybridized carbons (Fsp3) is 0.182. The number of hydrogen-bond acceptors (Lipinski definition) is 4. The average molecular weight is 254 g/mol. The molecule has 0 spiro atoms. The number of hydrogen-bond donors (Lipinski definition) is 1. The van der Waals surface area contributed by atoms with Gasteiger partial charge in [-0.15, -0.1) is 0 Å². The van der Waals surface area contributed by atoms with Crippen molar-refractivity contribution in [3.05, 3.63) is 47.1 Å². The van der Waals surface area contributed by atoms with Crippen LogP contribution >= 0.6 is 0 Å². The molecule has 1 aromatic carbocycles. The minimum atomic E-state index is -1.10. The van der Waals surface area contributed by atoms with Gasteiger partial charge < -0.3 is 9.63 Å². The minimum absolute atomic E-state index is 0.0469. The predicted octanol–water partition coefficient (Wildman–Crippen LogP) is 1.57. The molecule has 0 radical (unpaired) electrons. The third kappa shape index (κ3) is 3.09. The van der Waals surface area contributed by atoms with Gasteiger partial charge in [-0.2, -0.15) is 4.98 Å². The largest absolute Gasteiger partial charge is 0.481 e. The lowest BCUT2D eigenvalue weighted by atomic mass is 10.1. The fourth-order valence-electron chi connectivity index (χ4n) is 1.46. The zero-order valence-corrected chi connectivity index (χ0v) is 9.06. The number of nitrogens with zero attached hydrogens (tertiary/aromatic N) is 2. The number of carboxylic acid groups (broad SMARTS) is 1. The van der Waals surface area contributed by atoms with Crippen LogP contribution in [0.5, 0.6) is 0 Å². The van der Waals surface area contributed by atoms with Crippen molar-refractivity contribution in [3.63, 3.8) is 0 Å². The van der Waals surface area contributed by atoms with Gasteiger partial charge in [-0.3, -0.25) is 4.79 Å². The molecule has 0 atom stereocenters. The SMILES string of the molecule is O=C(O)Cc1nc(Cc2cc(F)cc(F)c2)no1. The van der Waals surface area contributed by atoms with E-state index in [4.69, 9.17) is 5.11 Å². The molecule has 0 fully saturated rings. The highest BCUT2D eigenvalue weighted by atomic mass is 19.1. The van der Waals surface area contributed by atoms with E-state index in [1.54, 1.807) is 0 Å². The van der Waals surface area contributed by atoms with Gasteiger partial charge in [-0.1, -0.05) is 5.16 Å². The van der Waals surface area contributed by atoms with E-state index < -0.39 is 17.6 Å². The lowest BCUT2D eigenvalue weighted by Gasteiger charge is -1.97. The lowest BCUT2D eigenvalue weighted by Crippen LogP contribution is -2.00. The summed E-state index contributed by atoms with van der Waals surface area (Å²) in [7, 11) is 0. The van der Waals surface area contributed by atoms with E-state index >= 15 is 0 Å². The van der Waals surface area contributed by atoms with E-state index in [2.05, 4.69) is 14.7 Å². The molecule has 5 nitrogen and oxygen atoms in total. The zero-order valence-electron chi connectivity index (χ0n) is 9.06. The molecule has 2 aromatic rings. The summed E-state index contributed by atoms with van der Waals surface area (Å²) in [5.74, 6) is -2.36. The van der Waals surface area contributed by atoms with E-state index in [0.717, 1.165) is 18.2 Å². The van der Waals surface area contributed by atoms with Crippen LogP contribution in [0.15, 0.2) is 22.7 Å². The highest BCUT2D eigenvalue weighted by molar-refractivity contribution is 5.68. The summed E-state index contributed by atoms with van der Waals surface area (Å²) in [4.78, 5) is 14.2. The molecule has 1 heterocycles. The van der Waals surface area contributed by atoms with Gasteiger partial charge in [-0.25, -0.2) is 8.78 Å². The first kappa shape index (κ1) is 12.2. The van der Waals surface area contributed by atoms with Gasteiger partial charge in [0.25, 0.3) is 0 Å². The number of halogens is 2. The van der Waals surface area contributed by atoms with Crippen LogP contribution in [0.2, 0.25) is 0 Å². The Morgan fingerprint density at radius 2 is 1.94 bits per heavy atom. The predicted molar refractivity (Wildman–Crippen MR) is 54.8 cm³/mol. The molecular weight excluding hydrogens is 246 g/mol. The van der Waals surface area contributed by atoms with Gasteiger partial charge in [0.2, 0.25) is 5.89 Å². The van der Waals surface area contributed by atoms with Crippen molar-refractivity contribution in [1.82, 2.24) is 10.1 Å². The summed E-state index contributed by atoms with van der Waals surface area (Å²) in [6.45, 7) is 0. The number of carbonyl (C=O) groups is 1. The van der Waals surface area contributed by atoms with E-state index in [1.165, 1.54) is 0 Å². The molecule has 0 aliphatic rings. The van der Waals surface area contributed by atoms with Gasteiger partial charge in [-0.05, 0) is 17.7 Å². The molecular formula is C11H8F2N2O3. The molecule has 0 unspecified atom stereocenters. The molecule has 1 aromatic heterocycles. The summed E-state index contributed by atoms with van der Waals surface area (Å²) in [5.41, 5.74) is 0.343. The van der Waals surface area contributed by atoms with E-state index in [9.17, 15) is 13.6 Å². The first-order valence-corrected chi connectivity index (χ1v) is 5.01. The normalized spacial score (nSPS) is 10.6. The Kier molecular flexibility index (Phi) is 3.31. The van der Waals surface area contributed by atoms with Crippen LogP contribution in [0.4, 0.5) is 8.78 Å². The van der Waals surface area contributed by atoms with Crippen molar-refractivity contribution in [2.75, 3.05) is 0 Å². The Balaban J connectivity index is 2.13. The number of aliphatic carboxylic acids is 1. The highest BCUT2D eigenvalue weighted by Gasteiger charge is 2.11. The fourth-order valence-corrected chi connectivity index (χ4v) is 1.46. The third-order valence-electron chi connectivity index (χ3n) is 2.10. The molecule has 94 valence electrons. The zero-order chi connectivity index (χ0) is 13.1. The summed E-state index contributed by atoms with van der Waals surface area (Å²) >= 11 is 0. The second-order valence-corrected chi connectivity index (χ2v) is 3.63. The first-order valence-electron chi connectivity index (χ1n) is 5.01. The Morgan fingerprint density at radius 3 is 2.56 bits per heavy atom. The quantitative estimate of drug-likeness (QED) is 0.896. The highest BCUT2D eigenvalue weighted by Crippen LogP contribution is 2.11. The van der Waals surface area contributed by atoms with Crippen LogP contribution in [0.25, 0.3) is 0 Å². The van der Waals surface area contributed by atoms with Crippen molar-refractivity contribution in [2.45, 2.75) is 12.8 Å². The van der Waals surface area contributed by atoms with Crippen LogP contribution in [0.3, 0.4) is 0 Å². The average Bonchev–Trinajstić information content (AvgIpc) is 2.62. The maximum Gasteiger partial charge on any atom is 0.312 e. The molecule has 1 N–H and O–H groups in total. The van der Waals surface area contributed by atoms with E-state index in [0.29, 0.717) is 5.56 Å². The van der Waals surface area contributed by atoms with Crippen LogP contribution in [-0.2, 0) is 17.6 Å². The molecule has 0 saturated carbocycles. The van der Waals surface area contributed by atoms with Gasteiger partial charge in [0.1, 0.15) is 18.1 Å². The summed E-state index contributed by atoms with van der Waals surface area (Å²) in [6, 6.07) is 3.06. The number of aromatic nitrogens is 2. The van der Waals surface area contributed by atoms with Gasteiger partial charge >= 0.3 is 5.97 Å². The number of rotatable bonds is 4. The van der Waals surface area contributed by atoms with Crippen molar-refractivity contribution in [3.8, 4) is 0 Å². The Morgan fingerprint density at radius 1 is 1.28 bits per heavy atom. The van der Waals surface area contributed by atoms with Gasteiger partial charge in [0.15, 0.2) is 5.82 Å². The number of benzene rings is 1. The Labute approximate surface area is 100 Å². The maximum atomic E-state index is 12.9. The molecule has 2 rings (SSSR count). The second-order valence-electron chi connectivity index (χ2n) is 3.63. The van der Waals surface area contributed by atoms with E-state index in [-0.39, 0.29) is 24.6 Å². The monoisotopic (exact) mass is 254 g/mol. The van der Waals surface area contributed by atoms with Crippen LogP contribution < -0.4 is 0 Å². The molecule has 0 aliphatic carbocycles. The van der Waals surface area contributed by atoms with Crippen molar-refractivity contribution in [1.29, 1.82) is 0 Å². The van der Waals surface area contributed by atoms with Crippen LogP contribution in [0, 0.1) is 11.6 Å². The molecule has 0 saturated heterocycles. The van der Waals surface area contributed by atoms with Crippen molar-refractivity contribution >= 4 is 5.97 Å². The van der Waals surface area contributed by atoms with Crippen molar-refractivity contribution in [2.24, 2.45) is 0 Å². The minimum Gasteiger partial charge on any atom is -0.481 e. The van der Waals surface area contributed by atoms with Crippen LogP contribution in [-0.4, -0.2) is 21.2 Å². The second kappa shape index (κ2) is 4.91. The smallest absolute Gasteiger partial charge is 0.312 e. The Hall–Kier alpha value is -2.31. The third-order valence-corrected chi connectivity index (χ3v) is 2.10. The van der Waals surface area contributed by atoms with Crippen LogP contribution in [0.1, 0.15) is 17.3 Å². The molecule has 0 bridgehead atoms. The topological polar surface area (TPSA) is 76.2 Å². The van der Waals surface area contributed by atoms with Gasteiger partial charge in [0.05, 0.1) is 0 Å². The molecule has 0 amide bonds. The number of carboxylic acids is 1. The standard InChI is InChI=1S/C11H8F2N2O3/c12-7-1-6(2-8(13)4-7)3-9-14-10(18-15-9)5-11(16)17/h1-2,4H,3,5H2,(H,16,17). The molecule has 18 heavy (non-hydrogen) atoms. The Bertz CT molecular complexity index is 563. The molecule has 7 heteroatoms. The summed E-state index contributed by atoms with van der Waals surface area (Å²) in [6.07, 6.45) is -0.317. The molecule has 0 aliphatic heterocycles. The summed E-state index contributed by atoms with van der Waals surface area (Å²) < 4.78 is 30.5. The lowest BCUT2D eigenvalue weighted by molar-refractivity contribution is -0.136. The van der Waals surface area contributed by atoms with E-state index in [1.807, 2.05) is 0 Å². The van der Waals surface area contributed by atoms with Crippen molar-refractivity contribution < 1.29 is 23.2 Å². The maximum absolute atomic E-state index is 12.9. The summed E-state index contributed by atoms with van der Waals surface area (Å²) in [5, 5.41) is 12.0. The van der Waals surface area contributed by atoms with Gasteiger partial charge in [0, 0.05) is 12.5 Å².